The van der Waals surface area contributed by atoms with Crippen molar-refractivity contribution in [1.82, 2.24) is 5.16 Å². The zero-order chi connectivity index (χ0) is 20.3. The van der Waals surface area contributed by atoms with Gasteiger partial charge in [0, 0.05) is 24.7 Å². The Kier molecular flexibility index (Phi) is 5.31. The standard InChI is InChI=1S/C22H20FNO5/c23-17-6-4-16(5-7-17)20-12-19(29-24-20)14-27-18-8-2-15(3-9-18)13-22(21(25)26)10-1-11-28-22/h2-9,12H,1,10-11,13-14H2,(H,25,26). The Labute approximate surface area is 166 Å². The van der Waals surface area contributed by atoms with Gasteiger partial charge in [-0.2, -0.15) is 0 Å². The van der Waals surface area contributed by atoms with Crippen LogP contribution in [-0.4, -0.2) is 28.4 Å². The number of carboxylic acids is 1. The van der Waals surface area contributed by atoms with Crippen LogP contribution in [0.4, 0.5) is 4.39 Å². The van der Waals surface area contributed by atoms with Gasteiger partial charge in [0.05, 0.1) is 0 Å². The number of nitrogens with zero attached hydrogens (tertiary/aromatic N) is 1. The van der Waals surface area contributed by atoms with E-state index in [0.29, 0.717) is 36.7 Å². The van der Waals surface area contributed by atoms with Crippen LogP contribution in [0, 0.1) is 5.82 Å². The van der Waals surface area contributed by atoms with Gasteiger partial charge < -0.3 is 19.1 Å². The molecule has 0 amide bonds. The van der Waals surface area contributed by atoms with Crippen molar-refractivity contribution in [3.05, 3.63) is 71.7 Å². The van der Waals surface area contributed by atoms with E-state index in [1.165, 1.54) is 12.1 Å². The smallest absolute Gasteiger partial charge is 0.336 e. The van der Waals surface area contributed by atoms with Gasteiger partial charge in [-0.25, -0.2) is 9.18 Å². The fourth-order valence-corrected chi connectivity index (χ4v) is 3.41. The second-order valence-electron chi connectivity index (χ2n) is 7.05. The molecule has 4 rings (SSSR count). The van der Waals surface area contributed by atoms with Gasteiger partial charge in [0.15, 0.2) is 11.4 Å². The average molecular weight is 397 g/mol. The predicted molar refractivity (Wildman–Crippen MR) is 102 cm³/mol. The van der Waals surface area contributed by atoms with E-state index in [9.17, 15) is 14.3 Å². The highest BCUT2D eigenvalue weighted by Crippen LogP contribution is 2.30. The summed E-state index contributed by atoms with van der Waals surface area (Å²) in [6, 6.07) is 15.0. The normalized spacial score (nSPS) is 18.7. The largest absolute Gasteiger partial charge is 0.486 e. The maximum atomic E-state index is 13.0. The van der Waals surface area contributed by atoms with E-state index >= 15 is 0 Å². The number of rotatable bonds is 7. The third kappa shape index (κ3) is 4.30. The molecule has 2 heterocycles. The van der Waals surface area contributed by atoms with E-state index in [0.717, 1.165) is 17.5 Å². The van der Waals surface area contributed by atoms with Crippen molar-refractivity contribution in [2.45, 2.75) is 31.5 Å². The first-order valence-electron chi connectivity index (χ1n) is 9.35. The zero-order valence-corrected chi connectivity index (χ0v) is 15.6. The molecule has 1 atom stereocenters. The minimum atomic E-state index is -1.13. The highest BCUT2D eigenvalue weighted by Gasteiger charge is 2.42. The van der Waals surface area contributed by atoms with Crippen molar-refractivity contribution in [1.29, 1.82) is 0 Å². The first kappa shape index (κ1) is 19.1. The number of carboxylic acid groups (broad SMARTS) is 1. The van der Waals surface area contributed by atoms with Crippen LogP contribution in [0.2, 0.25) is 0 Å². The summed E-state index contributed by atoms with van der Waals surface area (Å²) in [5, 5.41) is 13.5. The summed E-state index contributed by atoms with van der Waals surface area (Å²) in [5.41, 5.74) is 1.11. The Morgan fingerprint density at radius 1 is 1.17 bits per heavy atom. The van der Waals surface area contributed by atoms with Gasteiger partial charge >= 0.3 is 5.97 Å². The second kappa shape index (κ2) is 8.05. The zero-order valence-electron chi connectivity index (χ0n) is 15.6. The van der Waals surface area contributed by atoms with Gasteiger partial charge in [0.1, 0.15) is 23.9 Å². The van der Waals surface area contributed by atoms with Crippen LogP contribution in [0.1, 0.15) is 24.2 Å². The summed E-state index contributed by atoms with van der Waals surface area (Å²) >= 11 is 0. The molecule has 6 nitrogen and oxygen atoms in total. The molecule has 0 radical (unpaired) electrons. The van der Waals surface area contributed by atoms with Crippen LogP contribution >= 0.6 is 0 Å². The Morgan fingerprint density at radius 3 is 2.59 bits per heavy atom. The van der Waals surface area contributed by atoms with E-state index in [4.69, 9.17) is 14.0 Å². The fourth-order valence-electron chi connectivity index (χ4n) is 3.41. The molecule has 150 valence electrons. The van der Waals surface area contributed by atoms with Crippen molar-refractivity contribution in [2.24, 2.45) is 0 Å². The van der Waals surface area contributed by atoms with E-state index < -0.39 is 11.6 Å². The molecule has 1 fully saturated rings. The molecule has 0 aliphatic carbocycles. The Balaban J connectivity index is 1.36. The molecular weight excluding hydrogens is 377 g/mol. The van der Waals surface area contributed by atoms with E-state index in [-0.39, 0.29) is 12.4 Å². The van der Waals surface area contributed by atoms with E-state index in [1.54, 1.807) is 30.3 Å². The predicted octanol–water partition coefficient (Wildman–Crippen LogP) is 4.24. The number of hydrogen-bond acceptors (Lipinski definition) is 5. The number of aromatic nitrogens is 1. The number of carbonyl (C=O) groups is 1. The fraction of sp³-hybridized carbons (Fsp3) is 0.273. The Morgan fingerprint density at radius 2 is 1.93 bits per heavy atom. The van der Waals surface area contributed by atoms with Crippen LogP contribution < -0.4 is 4.74 Å². The number of ether oxygens (including phenoxy) is 2. The third-order valence-electron chi connectivity index (χ3n) is 4.99. The molecule has 1 aliphatic rings. The second-order valence-corrected chi connectivity index (χ2v) is 7.05. The molecule has 3 aromatic rings. The van der Waals surface area contributed by atoms with Crippen molar-refractivity contribution >= 4 is 5.97 Å². The van der Waals surface area contributed by atoms with Gasteiger partial charge in [-0.05, 0) is 54.8 Å². The molecule has 1 aliphatic heterocycles. The lowest BCUT2D eigenvalue weighted by atomic mass is 9.92. The van der Waals surface area contributed by atoms with Gasteiger partial charge in [0.25, 0.3) is 0 Å². The van der Waals surface area contributed by atoms with Crippen LogP contribution in [0.15, 0.2) is 59.1 Å². The molecule has 7 heteroatoms. The summed E-state index contributed by atoms with van der Waals surface area (Å²) in [5.74, 6) is -0.0570. The number of aliphatic carboxylic acids is 1. The third-order valence-corrected chi connectivity index (χ3v) is 4.99. The maximum Gasteiger partial charge on any atom is 0.336 e. The highest BCUT2D eigenvalue weighted by atomic mass is 19.1. The summed E-state index contributed by atoms with van der Waals surface area (Å²) in [4.78, 5) is 11.6. The van der Waals surface area contributed by atoms with Crippen LogP contribution in [0.3, 0.4) is 0 Å². The number of halogens is 1. The quantitative estimate of drug-likeness (QED) is 0.642. The average Bonchev–Trinajstić information content (AvgIpc) is 3.39. The summed E-state index contributed by atoms with van der Waals surface area (Å²) in [6.45, 7) is 0.667. The molecule has 1 saturated heterocycles. The molecule has 0 saturated carbocycles. The summed E-state index contributed by atoms with van der Waals surface area (Å²) in [6.07, 6.45) is 1.60. The first-order chi connectivity index (χ1) is 14.0. The number of hydrogen-bond donors (Lipinski definition) is 1. The van der Waals surface area contributed by atoms with Gasteiger partial charge in [-0.15, -0.1) is 0 Å². The lowest BCUT2D eigenvalue weighted by Crippen LogP contribution is -2.40. The van der Waals surface area contributed by atoms with E-state index in [1.807, 2.05) is 12.1 Å². The monoisotopic (exact) mass is 397 g/mol. The van der Waals surface area contributed by atoms with Crippen LogP contribution in [-0.2, 0) is 22.6 Å². The molecule has 1 aromatic heterocycles. The molecular formula is C22H20FNO5. The first-order valence-corrected chi connectivity index (χ1v) is 9.35. The van der Waals surface area contributed by atoms with Crippen molar-refractivity contribution in [3.63, 3.8) is 0 Å². The lowest BCUT2D eigenvalue weighted by Gasteiger charge is -2.23. The van der Waals surface area contributed by atoms with Crippen molar-refractivity contribution < 1.29 is 28.3 Å². The molecule has 29 heavy (non-hydrogen) atoms. The van der Waals surface area contributed by atoms with Crippen LogP contribution in [0.25, 0.3) is 11.3 Å². The topological polar surface area (TPSA) is 81.8 Å². The van der Waals surface area contributed by atoms with Crippen molar-refractivity contribution in [3.8, 4) is 17.0 Å². The Bertz CT molecular complexity index is 975. The molecule has 1 unspecified atom stereocenters. The van der Waals surface area contributed by atoms with Crippen LogP contribution in [0.5, 0.6) is 5.75 Å². The minimum absolute atomic E-state index is 0.190. The molecule has 2 aromatic carbocycles. The van der Waals surface area contributed by atoms with E-state index in [2.05, 4.69) is 5.16 Å². The summed E-state index contributed by atoms with van der Waals surface area (Å²) in [7, 11) is 0. The van der Waals surface area contributed by atoms with Gasteiger partial charge in [0.2, 0.25) is 0 Å². The SMILES string of the molecule is O=C(O)C1(Cc2ccc(OCc3cc(-c4ccc(F)cc4)no3)cc2)CCCO1. The highest BCUT2D eigenvalue weighted by molar-refractivity contribution is 5.78. The maximum absolute atomic E-state index is 13.0. The van der Waals surface area contributed by atoms with Gasteiger partial charge in [-0.3, -0.25) is 0 Å². The van der Waals surface area contributed by atoms with Crippen molar-refractivity contribution in [2.75, 3.05) is 6.61 Å². The lowest BCUT2D eigenvalue weighted by molar-refractivity contribution is -0.159. The summed E-state index contributed by atoms with van der Waals surface area (Å²) < 4.78 is 29.5. The Hall–Kier alpha value is -3.19. The molecule has 0 spiro atoms. The molecule has 1 N–H and O–H groups in total. The van der Waals surface area contributed by atoms with Gasteiger partial charge in [-0.1, -0.05) is 17.3 Å². The minimum Gasteiger partial charge on any atom is -0.486 e. The number of benzene rings is 2. The molecule has 0 bridgehead atoms.